The molecular weight excluding hydrogens is 323 g/mol. The number of hydrogen-bond acceptors (Lipinski definition) is 6. The molecule has 7 nitrogen and oxygen atoms in total. The molecule has 0 rings (SSSR count). The van der Waals surface area contributed by atoms with Crippen molar-refractivity contribution in [2.45, 2.75) is 17.9 Å². The number of alkyl halides is 6. The van der Waals surface area contributed by atoms with Gasteiger partial charge in [-0.3, -0.25) is 10.1 Å². The van der Waals surface area contributed by atoms with Gasteiger partial charge in [0, 0.05) is 0 Å². The summed E-state index contributed by atoms with van der Waals surface area (Å²) in [5.74, 6) is -3.99. The van der Waals surface area contributed by atoms with E-state index in [0.717, 1.165) is 0 Å². The van der Waals surface area contributed by atoms with Crippen molar-refractivity contribution in [1.82, 2.24) is 0 Å². The molecule has 19 heavy (non-hydrogen) atoms. The normalized spacial score (nSPS) is 14.1. The molecule has 0 aromatic carbocycles. The summed E-state index contributed by atoms with van der Waals surface area (Å²) in [5, 5.41) is 9.99. The molecule has 0 aromatic rings. The van der Waals surface area contributed by atoms with Crippen LogP contribution in [0.15, 0.2) is 0 Å². The first-order valence-electron chi connectivity index (χ1n) is 3.54. The first-order valence-corrected chi connectivity index (χ1v) is 4.84. The van der Waals surface area contributed by atoms with Gasteiger partial charge in [0.25, 0.3) is 0 Å². The molecule has 0 amide bonds. The van der Waals surface area contributed by atoms with Crippen molar-refractivity contribution >= 4 is 16.5 Å². The molecule has 0 fully saturated rings. The largest absolute Gasteiger partial charge is 0.502 e. The third-order valence-electron chi connectivity index (χ3n) is 1.56. The number of rotatable bonds is 3. The Hall–Kier alpha value is -1.67. The van der Waals surface area contributed by atoms with Crippen molar-refractivity contribution in [2.75, 3.05) is 0 Å². The van der Waals surface area contributed by atoms with Crippen LogP contribution in [-0.4, -0.2) is 37.2 Å². The molecule has 15 heteroatoms. The van der Waals surface area contributed by atoms with Gasteiger partial charge >= 0.3 is 34.4 Å². The number of carbonyl (C=O) groups is 1. The summed E-state index contributed by atoms with van der Waals surface area (Å²) in [6.07, 6.45) is -13.8. The first kappa shape index (κ1) is 17.3. The van der Waals surface area contributed by atoms with Crippen molar-refractivity contribution < 1.29 is 52.5 Å². The molecule has 0 atom stereocenters. The Balaban J connectivity index is 6.21. The van der Waals surface area contributed by atoms with Crippen molar-refractivity contribution in [1.29, 1.82) is 0 Å². The van der Waals surface area contributed by atoms with E-state index in [2.05, 4.69) is 4.18 Å². The van der Waals surface area contributed by atoms with Crippen LogP contribution < -0.4 is 0 Å². The van der Waals surface area contributed by atoms with E-state index < -0.39 is 39.3 Å². The van der Waals surface area contributed by atoms with E-state index in [9.17, 15) is 53.6 Å². The van der Waals surface area contributed by atoms with E-state index in [4.69, 9.17) is 0 Å². The highest BCUT2D eigenvalue weighted by molar-refractivity contribution is 7.81. The summed E-state index contributed by atoms with van der Waals surface area (Å²) in [6, 6.07) is 0. The molecule has 0 bridgehead atoms. The summed E-state index contributed by atoms with van der Waals surface area (Å²) in [4.78, 5) is 17.3. The minimum Gasteiger partial charge on any atom is -0.314 e. The van der Waals surface area contributed by atoms with E-state index in [0.29, 0.717) is 0 Å². The predicted molar refractivity (Wildman–Crippen MR) is 38.0 cm³/mol. The second-order valence-electron chi connectivity index (χ2n) is 2.73. The Morgan fingerprint density at radius 1 is 1.05 bits per heavy atom. The number of hydrogen-bond donors (Lipinski definition) is 0. The molecule has 0 spiro atoms. The maximum Gasteiger partial charge on any atom is 0.502 e. The number of nitro groups is 1. The van der Waals surface area contributed by atoms with Crippen LogP contribution in [0.4, 0.5) is 30.2 Å². The average Bonchev–Trinajstić information content (AvgIpc) is 1.91. The predicted octanol–water partition coefficient (Wildman–Crippen LogP) is 0.884. The third-order valence-corrected chi connectivity index (χ3v) is 1.92. The van der Waals surface area contributed by atoms with Crippen molar-refractivity contribution in [3.8, 4) is 0 Å². The van der Waals surface area contributed by atoms with Gasteiger partial charge in [0.05, 0.1) is 4.92 Å². The quantitative estimate of drug-likeness (QED) is 0.331. The van der Waals surface area contributed by atoms with Crippen molar-refractivity contribution in [3.05, 3.63) is 10.1 Å². The van der Waals surface area contributed by atoms with Gasteiger partial charge in [0.1, 0.15) is 0 Å². The zero-order chi connectivity index (χ0) is 15.9. The molecule has 0 aliphatic rings. The highest BCUT2D eigenvalue weighted by Crippen LogP contribution is 2.46. The summed E-state index contributed by atoms with van der Waals surface area (Å²) in [7, 11) is -6.61. The van der Waals surface area contributed by atoms with Crippen LogP contribution in [-0.2, 0) is 19.5 Å². The fourth-order valence-corrected chi connectivity index (χ4v) is 1.13. The van der Waals surface area contributed by atoms with Crippen LogP contribution in [0.1, 0.15) is 0 Å². The Morgan fingerprint density at radius 3 is 1.53 bits per heavy atom. The molecule has 0 N–H and O–H groups in total. The van der Waals surface area contributed by atoms with Crippen LogP contribution in [0.25, 0.3) is 0 Å². The van der Waals surface area contributed by atoms with Crippen LogP contribution >= 0.6 is 0 Å². The smallest absolute Gasteiger partial charge is 0.314 e. The summed E-state index contributed by atoms with van der Waals surface area (Å²) in [6.45, 7) is 0. The minimum atomic E-state index is -6.92. The second-order valence-corrected chi connectivity index (χ2v) is 3.68. The second kappa shape index (κ2) is 4.46. The lowest BCUT2D eigenvalue weighted by molar-refractivity contribution is -0.635. The van der Waals surface area contributed by atoms with Crippen molar-refractivity contribution in [2.24, 2.45) is 0 Å². The Bertz CT molecular complexity index is 477. The fraction of sp³-hybridized carbons (Fsp3) is 0.750. The van der Waals surface area contributed by atoms with Gasteiger partial charge in [-0.15, -0.1) is 0 Å². The highest BCUT2D eigenvalue weighted by atomic mass is 32.3. The molecule has 0 aliphatic heterocycles. The lowest BCUT2D eigenvalue weighted by Crippen LogP contribution is -2.68. The maximum atomic E-state index is 12.2. The van der Waals surface area contributed by atoms with Crippen molar-refractivity contribution in [3.63, 3.8) is 0 Å². The molecule has 0 unspecified atom stereocenters. The van der Waals surface area contributed by atoms with E-state index in [-0.39, 0.29) is 0 Å². The van der Waals surface area contributed by atoms with E-state index in [1.165, 1.54) is 0 Å². The molecule has 0 aliphatic carbocycles. The summed E-state index contributed by atoms with van der Waals surface area (Å²) < 4.78 is 106. The van der Waals surface area contributed by atoms with E-state index in [1.807, 2.05) is 0 Å². The zero-order valence-corrected chi connectivity index (χ0v) is 8.77. The zero-order valence-electron chi connectivity index (χ0n) is 7.95. The highest BCUT2D eigenvalue weighted by Gasteiger charge is 2.88. The molecule has 0 saturated heterocycles. The van der Waals surface area contributed by atoms with Gasteiger partial charge in [-0.2, -0.15) is 34.8 Å². The maximum absolute atomic E-state index is 12.2. The van der Waals surface area contributed by atoms with Gasteiger partial charge in [-0.25, -0.2) is 4.79 Å². The average molecular weight is 323 g/mol. The number of carbonyl (C=O) groups excluding carboxylic acids is 1. The van der Waals surface area contributed by atoms with Crippen LogP contribution in [0, 0.1) is 10.1 Å². The van der Waals surface area contributed by atoms with Crippen LogP contribution in [0.3, 0.4) is 0 Å². The summed E-state index contributed by atoms with van der Waals surface area (Å²) >= 11 is 0. The first-order chi connectivity index (χ1) is 8.07. The van der Waals surface area contributed by atoms with Gasteiger partial charge < -0.3 is 4.18 Å². The Kier molecular flexibility index (Phi) is 4.07. The molecule has 0 heterocycles. The molecule has 112 valence electrons. The Labute approximate surface area is 98.1 Å². The molecule has 0 radical (unpaired) electrons. The van der Waals surface area contributed by atoms with Gasteiger partial charge in [-0.1, -0.05) is 3.89 Å². The van der Waals surface area contributed by atoms with Gasteiger partial charge in [0.15, 0.2) is 0 Å². The standard InChI is InChI=1S/C4F7NO6S/c5-3(6,7)2(12(14)15,4(8,9)10)1(13)18-19(11,16)17. The number of nitrogens with zero attached hydrogens (tertiary/aromatic N) is 1. The minimum absolute atomic E-state index is 2.20. The van der Waals surface area contributed by atoms with E-state index >= 15 is 0 Å². The fourth-order valence-electron chi connectivity index (χ4n) is 0.824. The lowest BCUT2D eigenvalue weighted by atomic mass is 9.99. The molecule has 0 aromatic heterocycles. The summed E-state index contributed by atoms with van der Waals surface area (Å²) in [5.41, 5.74) is -6.42. The number of halogens is 7. The Morgan fingerprint density at radius 2 is 1.37 bits per heavy atom. The SMILES string of the molecule is O=C(OS(=O)(=O)F)C([N+](=O)[O-])(C(F)(F)F)C(F)(F)F. The van der Waals surface area contributed by atoms with Gasteiger partial charge in [-0.05, 0) is 0 Å². The monoisotopic (exact) mass is 323 g/mol. The van der Waals surface area contributed by atoms with Crippen LogP contribution in [0.2, 0.25) is 0 Å². The lowest BCUT2D eigenvalue weighted by Gasteiger charge is -2.25. The van der Waals surface area contributed by atoms with Gasteiger partial charge in [0.2, 0.25) is 0 Å². The molecular formula is C4F7NO6S. The van der Waals surface area contributed by atoms with E-state index in [1.54, 1.807) is 0 Å². The molecule has 0 saturated carbocycles. The topological polar surface area (TPSA) is 104 Å². The third kappa shape index (κ3) is 3.02. The van der Waals surface area contributed by atoms with Crippen LogP contribution in [0.5, 0.6) is 0 Å².